The van der Waals surface area contributed by atoms with Crippen molar-refractivity contribution in [2.24, 2.45) is 0 Å². The minimum absolute atomic E-state index is 0. The van der Waals surface area contributed by atoms with Gasteiger partial charge in [0.05, 0.1) is 29.5 Å². The van der Waals surface area contributed by atoms with Crippen molar-refractivity contribution in [1.82, 2.24) is 10.5 Å². The van der Waals surface area contributed by atoms with Gasteiger partial charge in [0.25, 0.3) is 11.8 Å². The lowest BCUT2D eigenvalue weighted by Crippen LogP contribution is -2.07. The topological polar surface area (TPSA) is 96.6 Å². The third-order valence-electron chi connectivity index (χ3n) is 5.77. The summed E-state index contributed by atoms with van der Waals surface area (Å²) in [6.45, 7) is 2.03. The number of hydrogen-bond donors (Lipinski definition) is 3. The van der Waals surface area contributed by atoms with Gasteiger partial charge in [-0.1, -0.05) is 35.9 Å². The summed E-state index contributed by atoms with van der Waals surface area (Å²) in [6.07, 6.45) is 1.13. The standard InChI is InChI=1S/C23H20ClN3O4.ClH/c1-30-20-10-19(31-27-20)22(28)21-16-8-15(17(24)9-18(16)26-23(21)29)13-4-2-12(3-5-13)14-6-7-25-11-14;/h2-5,8-10,14,25,28H,6-7,11H2,1H3,(H,26,29);1H/b22-21+;. The van der Waals surface area contributed by atoms with Crippen LogP contribution in [-0.4, -0.2) is 36.4 Å². The van der Waals surface area contributed by atoms with Crippen molar-refractivity contribution in [1.29, 1.82) is 0 Å². The first-order valence-electron chi connectivity index (χ1n) is 9.96. The number of nitrogens with one attached hydrogen (secondary N) is 2. The van der Waals surface area contributed by atoms with E-state index in [0.29, 0.717) is 22.2 Å². The highest BCUT2D eigenvalue weighted by Gasteiger charge is 2.31. The first kappa shape index (κ1) is 22.2. The van der Waals surface area contributed by atoms with Gasteiger partial charge in [-0.25, -0.2) is 0 Å². The van der Waals surface area contributed by atoms with E-state index in [1.54, 1.807) is 12.1 Å². The van der Waals surface area contributed by atoms with Crippen LogP contribution >= 0.6 is 24.0 Å². The molecule has 1 saturated heterocycles. The summed E-state index contributed by atoms with van der Waals surface area (Å²) < 4.78 is 10.1. The number of carbonyl (C=O) groups is 1. The van der Waals surface area contributed by atoms with Crippen LogP contribution in [0.15, 0.2) is 47.0 Å². The zero-order chi connectivity index (χ0) is 21.5. The highest BCUT2D eigenvalue weighted by atomic mass is 35.5. The van der Waals surface area contributed by atoms with Crippen molar-refractivity contribution in [3.8, 4) is 17.0 Å². The second-order valence-corrected chi connectivity index (χ2v) is 8.01. The number of aliphatic hydroxyl groups is 1. The Morgan fingerprint density at radius 2 is 2.00 bits per heavy atom. The predicted octanol–water partition coefficient (Wildman–Crippen LogP) is 4.88. The van der Waals surface area contributed by atoms with Crippen LogP contribution in [-0.2, 0) is 4.79 Å². The fraction of sp³-hybridized carbons (Fsp3) is 0.217. The Morgan fingerprint density at radius 3 is 2.66 bits per heavy atom. The summed E-state index contributed by atoms with van der Waals surface area (Å²) in [5.41, 5.74) is 4.16. The number of hydrogen-bond acceptors (Lipinski definition) is 6. The summed E-state index contributed by atoms with van der Waals surface area (Å²) in [5.74, 6) is 0.0114. The molecule has 1 atom stereocenters. The number of ether oxygens (including phenoxy) is 1. The minimum Gasteiger partial charge on any atom is -0.504 e. The summed E-state index contributed by atoms with van der Waals surface area (Å²) in [6, 6.07) is 13.2. The third-order valence-corrected chi connectivity index (χ3v) is 6.09. The van der Waals surface area contributed by atoms with Crippen LogP contribution in [0.3, 0.4) is 0 Å². The number of rotatable bonds is 4. The van der Waals surface area contributed by atoms with Crippen LogP contribution in [0.5, 0.6) is 5.88 Å². The lowest BCUT2D eigenvalue weighted by Gasteiger charge is -2.12. The van der Waals surface area contributed by atoms with Crippen LogP contribution in [0.1, 0.15) is 29.2 Å². The Kier molecular flexibility index (Phi) is 6.15. The molecule has 3 heterocycles. The van der Waals surface area contributed by atoms with Gasteiger partial charge < -0.3 is 25.0 Å². The molecule has 1 amide bonds. The molecule has 0 bridgehead atoms. The zero-order valence-electron chi connectivity index (χ0n) is 17.1. The SMILES string of the molecule is COc1cc(/C(O)=C2\C(=O)Nc3cc(Cl)c(-c4ccc(C5CCNC5)cc4)cc32)on1.Cl. The van der Waals surface area contributed by atoms with E-state index < -0.39 is 5.91 Å². The van der Waals surface area contributed by atoms with Crippen LogP contribution in [0.25, 0.3) is 22.5 Å². The molecule has 9 heteroatoms. The molecule has 2 aliphatic rings. The Balaban J connectivity index is 0.00000245. The Labute approximate surface area is 195 Å². The molecule has 0 saturated carbocycles. The van der Waals surface area contributed by atoms with E-state index in [1.165, 1.54) is 18.7 Å². The van der Waals surface area contributed by atoms with E-state index in [-0.39, 0.29) is 35.4 Å². The van der Waals surface area contributed by atoms with Gasteiger partial charge >= 0.3 is 0 Å². The lowest BCUT2D eigenvalue weighted by atomic mass is 9.94. The van der Waals surface area contributed by atoms with Gasteiger partial charge in [-0.05, 0) is 47.3 Å². The number of aliphatic hydroxyl groups excluding tert-OH is 1. The molecule has 3 N–H and O–H groups in total. The van der Waals surface area contributed by atoms with Crippen LogP contribution < -0.4 is 15.4 Å². The van der Waals surface area contributed by atoms with Crippen molar-refractivity contribution in [3.63, 3.8) is 0 Å². The van der Waals surface area contributed by atoms with Gasteiger partial charge in [0.2, 0.25) is 5.76 Å². The van der Waals surface area contributed by atoms with Crippen molar-refractivity contribution in [2.75, 3.05) is 25.5 Å². The maximum atomic E-state index is 12.6. The molecular weight excluding hydrogens is 453 g/mol. The number of aromatic nitrogens is 1. The highest BCUT2D eigenvalue weighted by molar-refractivity contribution is 6.38. The molecule has 32 heavy (non-hydrogen) atoms. The van der Waals surface area contributed by atoms with Gasteiger partial charge in [0.15, 0.2) is 5.76 Å². The second-order valence-electron chi connectivity index (χ2n) is 7.60. The lowest BCUT2D eigenvalue weighted by molar-refractivity contribution is -0.110. The smallest absolute Gasteiger partial charge is 0.260 e. The van der Waals surface area contributed by atoms with E-state index in [4.69, 9.17) is 20.9 Å². The molecule has 7 nitrogen and oxygen atoms in total. The Hall–Kier alpha value is -3.00. The van der Waals surface area contributed by atoms with E-state index in [0.717, 1.165) is 30.6 Å². The molecule has 166 valence electrons. The fourth-order valence-electron chi connectivity index (χ4n) is 4.11. The maximum absolute atomic E-state index is 12.6. The summed E-state index contributed by atoms with van der Waals surface area (Å²) in [7, 11) is 1.44. The summed E-state index contributed by atoms with van der Waals surface area (Å²) >= 11 is 6.54. The number of anilines is 1. The maximum Gasteiger partial charge on any atom is 0.260 e. The van der Waals surface area contributed by atoms with Crippen molar-refractivity contribution in [3.05, 3.63) is 64.4 Å². The largest absolute Gasteiger partial charge is 0.504 e. The van der Waals surface area contributed by atoms with Gasteiger partial charge in [-0.3, -0.25) is 4.79 Å². The molecule has 0 radical (unpaired) electrons. The third kappa shape index (κ3) is 3.83. The number of methoxy groups -OCH3 is 1. The number of halogens is 2. The van der Waals surface area contributed by atoms with Crippen molar-refractivity contribution < 1.29 is 19.2 Å². The molecule has 0 spiro atoms. The molecule has 2 aromatic carbocycles. The van der Waals surface area contributed by atoms with Gasteiger partial charge in [-0.15, -0.1) is 12.4 Å². The quantitative estimate of drug-likeness (QED) is 0.369. The molecule has 1 unspecified atom stereocenters. The number of carbonyl (C=O) groups excluding carboxylic acids is 1. The van der Waals surface area contributed by atoms with E-state index in [2.05, 4.69) is 27.9 Å². The average molecular weight is 474 g/mol. The number of fused-ring (bicyclic) bond motifs is 1. The number of amides is 1. The second kappa shape index (κ2) is 8.86. The Morgan fingerprint density at radius 1 is 1.22 bits per heavy atom. The van der Waals surface area contributed by atoms with Gasteiger partial charge in [0, 0.05) is 17.7 Å². The van der Waals surface area contributed by atoms with Crippen LogP contribution in [0, 0.1) is 0 Å². The fourth-order valence-corrected chi connectivity index (χ4v) is 4.38. The highest BCUT2D eigenvalue weighted by Crippen LogP contribution is 2.42. The monoisotopic (exact) mass is 473 g/mol. The van der Waals surface area contributed by atoms with Crippen LogP contribution in [0.2, 0.25) is 5.02 Å². The molecule has 1 fully saturated rings. The average Bonchev–Trinajstić information content (AvgIpc) is 3.52. The number of nitrogens with zero attached hydrogens (tertiary/aromatic N) is 1. The first-order chi connectivity index (χ1) is 15.0. The molecule has 1 aromatic heterocycles. The molecular formula is C23H21Cl2N3O4. The van der Waals surface area contributed by atoms with Crippen LogP contribution in [0.4, 0.5) is 5.69 Å². The minimum atomic E-state index is -0.444. The zero-order valence-corrected chi connectivity index (χ0v) is 18.7. The Bertz CT molecular complexity index is 1200. The van der Waals surface area contributed by atoms with Crippen molar-refractivity contribution >= 4 is 46.9 Å². The van der Waals surface area contributed by atoms with E-state index in [1.807, 2.05) is 12.1 Å². The van der Waals surface area contributed by atoms with Gasteiger partial charge in [0.1, 0.15) is 0 Å². The molecule has 0 aliphatic carbocycles. The van der Waals surface area contributed by atoms with E-state index >= 15 is 0 Å². The molecule has 3 aromatic rings. The number of benzene rings is 2. The first-order valence-corrected chi connectivity index (χ1v) is 10.3. The van der Waals surface area contributed by atoms with E-state index in [9.17, 15) is 9.90 Å². The van der Waals surface area contributed by atoms with Crippen molar-refractivity contribution in [2.45, 2.75) is 12.3 Å². The summed E-state index contributed by atoms with van der Waals surface area (Å²) in [5, 5.41) is 21.0. The molecule has 5 rings (SSSR count). The summed E-state index contributed by atoms with van der Waals surface area (Å²) in [4.78, 5) is 12.6. The molecule has 2 aliphatic heterocycles. The predicted molar refractivity (Wildman–Crippen MR) is 125 cm³/mol. The van der Waals surface area contributed by atoms with Gasteiger partial charge in [-0.2, -0.15) is 0 Å². The normalized spacial score (nSPS) is 18.7.